The molecule has 1 amide bonds. The van der Waals surface area contributed by atoms with Crippen molar-refractivity contribution in [2.45, 2.75) is 80.8 Å². The number of nitrogens with one attached hydrogen (secondary N) is 2. The summed E-state index contributed by atoms with van der Waals surface area (Å²) in [7, 11) is 1.57. The molecule has 2 aromatic carbocycles. The number of nitrogens with zero attached hydrogens (tertiary/aromatic N) is 2. The van der Waals surface area contributed by atoms with Gasteiger partial charge < -0.3 is 15.7 Å². The van der Waals surface area contributed by atoms with Crippen molar-refractivity contribution in [3.05, 3.63) is 53.6 Å². The molecule has 0 aliphatic rings. The van der Waals surface area contributed by atoms with Crippen LogP contribution in [0.15, 0.2) is 52.7 Å². The SMILES string of the molecule is C.CC.CNC(=O)c1ccc(N=Nc2cc(CC(NC(C)(C)C)C(=O)C(C)(C)C)ccc2O)cc1. The van der Waals surface area contributed by atoms with Crippen LogP contribution in [-0.2, 0) is 11.2 Å². The molecule has 2 aromatic rings. The molecule has 1 atom stereocenters. The molecule has 1 unspecified atom stereocenters. The molecule has 0 saturated carbocycles. The molecular formula is C28H44N4O3. The van der Waals surface area contributed by atoms with E-state index in [0.717, 1.165) is 5.56 Å². The first kappa shape index (κ1) is 31.9. The van der Waals surface area contributed by atoms with Gasteiger partial charge >= 0.3 is 0 Å². The summed E-state index contributed by atoms with van der Waals surface area (Å²) in [5, 5.41) is 24.6. The summed E-state index contributed by atoms with van der Waals surface area (Å²) >= 11 is 0. The molecule has 0 bridgehead atoms. The molecule has 0 aliphatic heterocycles. The molecule has 0 saturated heterocycles. The number of hydrogen-bond donors (Lipinski definition) is 3. The molecule has 3 N–H and O–H groups in total. The summed E-state index contributed by atoms with van der Waals surface area (Å²) in [4.78, 5) is 24.7. The van der Waals surface area contributed by atoms with E-state index in [4.69, 9.17) is 0 Å². The number of azo groups is 1. The van der Waals surface area contributed by atoms with Gasteiger partial charge in [-0.25, -0.2) is 0 Å². The van der Waals surface area contributed by atoms with Crippen LogP contribution in [0, 0.1) is 5.41 Å². The fourth-order valence-electron chi connectivity index (χ4n) is 3.20. The van der Waals surface area contributed by atoms with Gasteiger partial charge in [0, 0.05) is 23.6 Å². The number of carbonyl (C=O) groups is 2. The van der Waals surface area contributed by atoms with Crippen LogP contribution in [0.4, 0.5) is 11.4 Å². The Morgan fingerprint density at radius 3 is 2.00 bits per heavy atom. The van der Waals surface area contributed by atoms with Gasteiger partial charge in [-0.1, -0.05) is 48.1 Å². The number of phenolic OH excluding ortho intramolecular Hbond substituents is 1. The van der Waals surface area contributed by atoms with E-state index in [1.54, 1.807) is 49.5 Å². The van der Waals surface area contributed by atoms with Crippen molar-refractivity contribution >= 4 is 23.1 Å². The largest absolute Gasteiger partial charge is 0.506 e. The first-order valence-electron chi connectivity index (χ1n) is 11.7. The van der Waals surface area contributed by atoms with Gasteiger partial charge in [-0.05, 0) is 69.2 Å². The molecule has 2 rings (SSSR count). The third-order valence-electron chi connectivity index (χ3n) is 4.77. The predicted octanol–water partition coefficient (Wildman–Crippen LogP) is 6.74. The Hall–Kier alpha value is -3.06. The van der Waals surface area contributed by atoms with Crippen molar-refractivity contribution < 1.29 is 14.7 Å². The molecule has 194 valence electrons. The van der Waals surface area contributed by atoms with Crippen LogP contribution in [-0.4, -0.2) is 35.4 Å². The van der Waals surface area contributed by atoms with E-state index in [-0.39, 0.29) is 36.4 Å². The van der Waals surface area contributed by atoms with Gasteiger partial charge in [0.1, 0.15) is 11.4 Å². The van der Waals surface area contributed by atoms with Gasteiger partial charge in [0.05, 0.1) is 11.7 Å². The third-order valence-corrected chi connectivity index (χ3v) is 4.77. The zero-order valence-electron chi connectivity index (χ0n) is 22.0. The highest BCUT2D eigenvalue weighted by Gasteiger charge is 2.32. The Balaban J connectivity index is 0.00000375. The standard InChI is InChI=1S/C25H34N4O3.C2H6.CH4/c1-24(2,3)22(31)20(27-25(4,5)6)15-16-8-13-21(30)19(14-16)29-28-18-11-9-17(10-12-18)23(32)26-7;1-2;/h8-14,20,27,30H,15H2,1-7H3,(H,26,32);1-2H3;1H4. The fraction of sp³-hybridized carbons (Fsp3) is 0.500. The van der Waals surface area contributed by atoms with Crippen LogP contribution < -0.4 is 10.6 Å². The van der Waals surface area contributed by atoms with Crippen molar-refractivity contribution in [2.75, 3.05) is 7.05 Å². The number of benzene rings is 2. The Bertz CT molecular complexity index is 985. The second-order valence-electron chi connectivity index (χ2n) is 9.91. The summed E-state index contributed by atoms with van der Waals surface area (Å²) in [5.41, 5.74) is 1.55. The monoisotopic (exact) mass is 484 g/mol. The first-order valence-corrected chi connectivity index (χ1v) is 11.7. The van der Waals surface area contributed by atoms with Crippen molar-refractivity contribution in [1.82, 2.24) is 10.6 Å². The summed E-state index contributed by atoms with van der Waals surface area (Å²) in [5.74, 6) is -0.0519. The van der Waals surface area contributed by atoms with Crippen molar-refractivity contribution in [2.24, 2.45) is 15.6 Å². The van der Waals surface area contributed by atoms with Gasteiger partial charge in [0.25, 0.3) is 5.91 Å². The Labute approximate surface area is 211 Å². The second kappa shape index (κ2) is 13.7. The predicted molar refractivity (Wildman–Crippen MR) is 145 cm³/mol. The van der Waals surface area contributed by atoms with Crippen LogP contribution in [0.2, 0.25) is 0 Å². The van der Waals surface area contributed by atoms with Gasteiger partial charge in [-0.2, -0.15) is 5.11 Å². The molecule has 0 spiro atoms. The van der Waals surface area contributed by atoms with E-state index in [9.17, 15) is 14.7 Å². The topological polar surface area (TPSA) is 103 Å². The number of rotatable bonds is 7. The maximum absolute atomic E-state index is 13.0. The van der Waals surface area contributed by atoms with E-state index in [2.05, 4.69) is 20.9 Å². The highest BCUT2D eigenvalue weighted by atomic mass is 16.3. The molecule has 0 radical (unpaired) electrons. The molecule has 0 aromatic heterocycles. The number of phenols is 1. The minimum atomic E-state index is -0.483. The van der Waals surface area contributed by atoms with E-state index in [0.29, 0.717) is 23.4 Å². The lowest BCUT2D eigenvalue weighted by Gasteiger charge is -2.32. The summed E-state index contributed by atoms with van der Waals surface area (Å²) in [6, 6.07) is 11.4. The quantitative estimate of drug-likeness (QED) is 0.378. The van der Waals surface area contributed by atoms with Crippen LogP contribution in [0.5, 0.6) is 5.75 Å². The smallest absolute Gasteiger partial charge is 0.251 e. The first-order chi connectivity index (χ1) is 15.8. The van der Waals surface area contributed by atoms with E-state index >= 15 is 0 Å². The summed E-state index contributed by atoms with van der Waals surface area (Å²) in [6.07, 6.45) is 0.469. The lowest BCUT2D eigenvalue weighted by Crippen LogP contribution is -2.51. The lowest BCUT2D eigenvalue weighted by atomic mass is 9.83. The lowest BCUT2D eigenvalue weighted by molar-refractivity contribution is -0.128. The molecular weight excluding hydrogens is 440 g/mol. The minimum Gasteiger partial charge on any atom is -0.506 e. The van der Waals surface area contributed by atoms with Gasteiger partial charge in [0.2, 0.25) is 0 Å². The van der Waals surface area contributed by atoms with Gasteiger partial charge in [-0.3, -0.25) is 9.59 Å². The number of hydrogen-bond acceptors (Lipinski definition) is 6. The number of carbonyl (C=O) groups excluding carboxylic acids is 2. The van der Waals surface area contributed by atoms with Crippen LogP contribution in [0.1, 0.15) is 78.7 Å². The number of aromatic hydroxyl groups is 1. The van der Waals surface area contributed by atoms with E-state index < -0.39 is 5.41 Å². The molecule has 0 fully saturated rings. The number of Topliss-reactive ketones (excluding diaryl/α,β-unsaturated/α-hetero) is 1. The molecule has 7 heteroatoms. The van der Waals surface area contributed by atoms with Crippen molar-refractivity contribution in [1.29, 1.82) is 0 Å². The van der Waals surface area contributed by atoms with E-state index in [1.165, 1.54) is 0 Å². The molecule has 0 heterocycles. The second-order valence-corrected chi connectivity index (χ2v) is 9.91. The average Bonchev–Trinajstić information content (AvgIpc) is 2.78. The highest BCUT2D eigenvalue weighted by molar-refractivity contribution is 5.94. The number of amides is 1. The molecule has 35 heavy (non-hydrogen) atoms. The van der Waals surface area contributed by atoms with E-state index in [1.807, 2.05) is 55.4 Å². The molecule has 7 nitrogen and oxygen atoms in total. The van der Waals surface area contributed by atoms with Gasteiger partial charge in [-0.15, -0.1) is 5.11 Å². The minimum absolute atomic E-state index is 0. The maximum Gasteiger partial charge on any atom is 0.251 e. The highest BCUT2D eigenvalue weighted by Crippen LogP contribution is 2.30. The van der Waals surface area contributed by atoms with Crippen LogP contribution in [0.3, 0.4) is 0 Å². The van der Waals surface area contributed by atoms with Crippen molar-refractivity contribution in [3.63, 3.8) is 0 Å². The normalized spacial score (nSPS) is 12.3. The zero-order chi connectivity index (χ0) is 26.1. The van der Waals surface area contributed by atoms with Gasteiger partial charge in [0.15, 0.2) is 5.78 Å². The number of ketones is 1. The Kier molecular flexibility index (Phi) is 12.5. The van der Waals surface area contributed by atoms with Crippen LogP contribution >= 0.6 is 0 Å². The Morgan fingerprint density at radius 1 is 0.943 bits per heavy atom. The average molecular weight is 485 g/mol. The fourth-order valence-corrected chi connectivity index (χ4v) is 3.20. The Morgan fingerprint density at radius 2 is 1.51 bits per heavy atom. The zero-order valence-corrected chi connectivity index (χ0v) is 22.0. The summed E-state index contributed by atoms with van der Waals surface area (Å²) in [6.45, 7) is 15.8. The third kappa shape index (κ3) is 10.4. The summed E-state index contributed by atoms with van der Waals surface area (Å²) < 4.78 is 0. The van der Waals surface area contributed by atoms with Crippen molar-refractivity contribution in [3.8, 4) is 5.75 Å². The van der Waals surface area contributed by atoms with Crippen LogP contribution in [0.25, 0.3) is 0 Å². The maximum atomic E-state index is 13.0. The molecule has 0 aliphatic carbocycles.